The third-order valence-corrected chi connectivity index (χ3v) is 2.63. The first kappa shape index (κ1) is 13.7. The molecular weight excluding hydrogens is 258 g/mol. The van der Waals surface area contributed by atoms with Crippen LogP contribution in [-0.4, -0.2) is 27.0 Å². The number of aromatic carboxylic acids is 1. The van der Waals surface area contributed by atoms with Crippen LogP contribution in [0, 0.1) is 6.92 Å². The van der Waals surface area contributed by atoms with Gasteiger partial charge in [0.2, 0.25) is 0 Å². The average molecular weight is 271 g/mol. The van der Waals surface area contributed by atoms with E-state index < -0.39 is 5.97 Å². The van der Waals surface area contributed by atoms with Crippen molar-refractivity contribution in [1.82, 2.24) is 15.3 Å². The molecule has 2 aromatic heterocycles. The quantitative estimate of drug-likeness (QED) is 0.877. The zero-order chi connectivity index (χ0) is 14.5. The fourth-order valence-electron chi connectivity index (χ4n) is 1.62. The van der Waals surface area contributed by atoms with Crippen molar-refractivity contribution in [3.63, 3.8) is 0 Å². The highest BCUT2D eigenvalue weighted by atomic mass is 16.4. The van der Waals surface area contributed by atoms with Gasteiger partial charge in [-0.15, -0.1) is 0 Å². The van der Waals surface area contributed by atoms with E-state index >= 15 is 0 Å². The number of amides is 1. The van der Waals surface area contributed by atoms with Crippen molar-refractivity contribution >= 4 is 11.9 Å². The maximum atomic E-state index is 11.9. The maximum Gasteiger partial charge on any atom is 0.354 e. The summed E-state index contributed by atoms with van der Waals surface area (Å²) in [6.45, 7) is 2.14. The first-order valence-electron chi connectivity index (χ1n) is 5.94. The molecular formula is C14H13N3O3. The molecule has 1 amide bonds. The van der Waals surface area contributed by atoms with Crippen molar-refractivity contribution in [3.8, 4) is 0 Å². The van der Waals surface area contributed by atoms with Gasteiger partial charge in [0.05, 0.1) is 5.56 Å². The molecule has 0 radical (unpaired) electrons. The Morgan fingerprint density at radius 1 is 1.25 bits per heavy atom. The van der Waals surface area contributed by atoms with Gasteiger partial charge in [-0.1, -0.05) is 6.07 Å². The molecule has 0 aliphatic heterocycles. The molecule has 0 aromatic carbocycles. The SMILES string of the molecule is Cc1cncc(C(=O)NCc2ccc(C(=O)O)nc2)c1. The first-order chi connectivity index (χ1) is 9.56. The summed E-state index contributed by atoms with van der Waals surface area (Å²) in [5, 5.41) is 11.5. The van der Waals surface area contributed by atoms with E-state index in [1.54, 1.807) is 18.3 Å². The van der Waals surface area contributed by atoms with E-state index in [0.717, 1.165) is 11.1 Å². The second kappa shape index (κ2) is 5.92. The van der Waals surface area contributed by atoms with Gasteiger partial charge in [-0.05, 0) is 30.2 Å². The van der Waals surface area contributed by atoms with Crippen LogP contribution in [0.4, 0.5) is 0 Å². The molecule has 0 atom stereocenters. The van der Waals surface area contributed by atoms with Crippen LogP contribution < -0.4 is 5.32 Å². The lowest BCUT2D eigenvalue weighted by atomic mass is 10.2. The Morgan fingerprint density at radius 2 is 2.05 bits per heavy atom. The van der Waals surface area contributed by atoms with E-state index in [1.807, 2.05) is 6.92 Å². The van der Waals surface area contributed by atoms with Crippen LogP contribution in [0.5, 0.6) is 0 Å². The number of aryl methyl sites for hydroxylation is 1. The minimum absolute atomic E-state index is 0.0250. The molecule has 2 heterocycles. The fraction of sp³-hybridized carbons (Fsp3) is 0.143. The van der Waals surface area contributed by atoms with Crippen molar-refractivity contribution < 1.29 is 14.7 Å². The summed E-state index contributed by atoms with van der Waals surface area (Å²) < 4.78 is 0. The number of pyridine rings is 2. The predicted molar refractivity (Wildman–Crippen MR) is 71.3 cm³/mol. The van der Waals surface area contributed by atoms with Gasteiger partial charge in [-0.3, -0.25) is 9.78 Å². The number of aromatic nitrogens is 2. The number of rotatable bonds is 4. The average Bonchev–Trinajstić information content (AvgIpc) is 2.45. The van der Waals surface area contributed by atoms with E-state index in [0.29, 0.717) is 5.56 Å². The molecule has 6 heteroatoms. The van der Waals surface area contributed by atoms with E-state index in [9.17, 15) is 9.59 Å². The number of carbonyl (C=O) groups excluding carboxylic acids is 1. The van der Waals surface area contributed by atoms with Gasteiger partial charge in [-0.25, -0.2) is 9.78 Å². The summed E-state index contributed by atoms with van der Waals surface area (Å²) in [6.07, 6.45) is 4.59. The van der Waals surface area contributed by atoms with Gasteiger partial charge in [0.25, 0.3) is 5.91 Å². The van der Waals surface area contributed by atoms with E-state index in [4.69, 9.17) is 5.11 Å². The lowest BCUT2D eigenvalue weighted by molar-refractivity contribution is 0.0690. The molecule has 0 spiro atoms. The normalized spacial score (nSPS) is 10.1. The van der Waals surface area contributed by atoms with Crippen LogP contribution in [0.3, 0.4) is 0 Å². The molecule has 0 fully saturated rings. The zero-order valence-corrected chi connectivity index (χ0v) is 10.8. The zero-order valence-electron chi connectivity index (χ0n) is 10.8. The highest BCUT2D eigenvalue weighted by molar-refractivity contribution is 5.93. The predicted octanol–water partition coefficient (Wildman–Crippen LogP) is 1.41. The van der Waals surface area contributed by atoms with E-state index in [2.05, 4.69) is 15.3 Å². The molecule has 0 unspecified atom stereocenters. The highest BCUT2D eigenvalue weighted by Gasteiger charge is 2.07. The Kier molecular flexibility index (Phi) is 4.05. The molecule has 0 aliphatic rings. The van der Waals surface area contributed by atoms with Gasteiger partial charge < -0.3 is 10.4 Å². The maximum absolute atomic E-state index is 11.9. The minimum atomic E-state index is -1.08. The van der Waals surface area contributed by atoms with Crippen LogP contribution >= 0.6 is 0 Å². The minimum Gasteiger partial charge on any atom is -0.477 e. The molecule has 102 valence electrons. The van der Waals surface area contributed by atoms with Gasteiger partial charge in [0, 0.05) is 25.1 Å². The largest absolute Gasteiger partial charge is 0.477 e. The topological polar surface area (TPSA) is 92.2 Å². The van der Waals surface area contributed by atoms with Gasteiger partial charge in [0.15, 0.2) is 0 Å². The number of hydrogen-bond acceptors (Lipinski definition) is 4. The summed E-state index contributed by atoms with van der Waals surface area (Å²) in [7, 11) is 0. The van der Waals surface area contributed by atoms with Crippen molar-refractivity contribution in [2.45, 2.75) is 13.5 Å². The van der Waals surface area contributed by atoms with Gasteiger partial charge >= 0.3 is 5.97 Å². The number of hydrogen-bond donors (Lipinski definition) is 2. The lowest BCUT2D eigenvalue weighted by Crippen LogP contribution is -2.23. The van der Waals surface area contributed by atoms with Gasteiger partial charge in [0.1, 0.15) is 5.69 Å². The van der Waals surface area contributed by atoms with Crippen LogP contribution in [0.2, 0.25) is 0 Å². The van der Waals surface area contributed by atoms with E-state index in [-0.39, 0.29) is 18.1 Å². The standard InChI is InChI=1S/C14H13N3O3/c1-9-4-11(8-15-5-9)13(18)17-7-10-2-3-12(14(19)20)16-6-10/h2-6,8H,7H2,1H3,(H,17,18)(H,19,20). The van der Waals surface area contributed by atoms with Gasteiger partial charge in [-0.2, -0.15) is 0 Å². The second-order valence-electron chi connectivity index (χ2n) is 4.29. The monoisotopic (exact) mass is 271 g/mol. The smallest absolute Gasteiger partial charge is 0.354 e. The lowest BCUT2D eigenvalue weighted by Gasteiger charge is -2.05. The Labute approximate surface area is 115 Å². The summed E-state index contributed by atoms with van der Waals surface area (Å²) >= 11 is 0. The van der Waals surface area contributed by atoms with Crippen LogP contribution in [-0.2, 0) is 6.54 Å². The molecule has 20 heavy (non-hydrogen) atoms. The Hall–Kier alpha value is -2.76. The van der Waals surface area contributed by atoms with E-state index in [1.165, 1.54) is 18.5 Å². The molecule has 0 aliphatic carbocycles. The number of nitrogens with one attached hydrogen (secondary N) is 1. The first-order valence-corrected chi connectivity index (χ1v) is 5.94. The van der Waals surface area contributed by atoms with Crippen molar-refractivity contribution in [2.75, 3.05) is 0 Å². The second-order valence-corrected chi connectivity index (χ2v) is 4.29. The number of carboxylic acids is 1. The van der Waals surface area contributed by atoms with Crippen molar-refractivity contribution in [3.05, 3.63) is 59.2 Å². The number of carboxylic acid groups (broad SMARTS) is 1. The summed E-state index contributed by atoms with van der Waals surface area (Å²) in [5.41, 5.74) is 2.09. The van der Waals surface area contributed by atoms with Crippen molar-refractivity contribution in [1.29, 1.82) is 0 Å². The third kappa shape index (κ3) is 3.38. The molecule has 0 bridgehead atoms. The van der Waals surface area contributed by atoms with Crippen LogP contribution in [0.1, 0.15) is 32.0 Å². The summed E-state index contributed by atoms with van der Waals surface area (Å²) in [6, 6.07) is 4.76. The molecule has 2 rings (SSSR count). The fourth-order valence-corrected chi connectivity index (χ4v) is 1.62. The molecule has 2 aromatic rings. The number of nitrogens with zero attached hydrogens (tertiary/aromatic N) is 2. The molecule has 0 saturated carbocycles. The third-order valence-electron chi connectivity index (χ3n) is 2.63. The van der Waals surface area contributed by atoms with Crippen LogP contribution in [0.15, 0.2) is 36.8 Å². The molecule has 2 N–H and O–H groups in total. The highest BCUT2D eigenvalue weighted by Crippen LogP contribution is 2.03. The summed E-state index contributed by atoms with van der Waals surface area (Å²) in [5.74, 6) is -1.31. The molecule has 6 nitrogen and oxygen atoms in total. The molecule has 0 saturated heterocycles. The summed E-state index contributed by atoms with van der Waals surface area (Å²) in [4.78, 5) is 30.3. The Morgan fingerprint density at radius 3 is 2.65 bits per heavy atom. The van der Waals surface area contributed by atoms with Crippen LogP contribution in [0.25, 0.3) is 0 Å². The van der Waals surface area contributed by atoms with Crippen molar-refractivity contribution in [2.24, 2.45) is 0 Å². The number of carbonyl (C=O) groups is 2. The Balaban J connectivity index is 1.98. The Bertz CT molecular complexity index is 638.